The zero-order valence-electron chi connectivity index (χ0n) is 10.4. The predicted molar refractivity (Wildman–Crippen MR) is 70.2 cm³/mol. The normalized spacial score (nSPS) is 25.3. The van der Waals surface area contributed by atoms with Crippen LogP contribution in [0, 0.1) is 5.82 Å². The quantitative estimate of drug-likeness (QED) is 0.878. The molecule has 1 aliphatic rings. The molecule has 0 bridgehead atoms. The number of halogens is 2. The van der Waals surface area contributed by atoms with Crippen LogP contribution in [-0.4, -0.2) is 41.8 Å². The highest BCUT2D eigenvalue weighted by molar-refractivity contribution is 6.31. The van der Waals surface area contributed by atoms with Crippen molar-refractivity contribution >= 4 is 11.6 Å². The highest BCUT2D eigenvalue weighted by Gasteiger charge is 2.26. The lowest BCUT2D eigenvalue weighted by molar-refractivity contribution is 0.0772. The molecule has 100 valence electrons. The van der Waals surface area contributed by atoms with E-state index in [1.165, 1.54) is 6.07 Å². The maximum Gasteiger partial charge on any atom is 0.129 e. The van der Waals surface area contributed by atoms with Crippen LogP contribution in [0.5, 0.6) is 0 Å². The zero-order valence-corrected chi connectivity index (χ0v) is 11.1. The van der Waals surface area contributed by atoms with Crippen molar-refractivity contribution in [3.63, 3.8) is 0 Å². The Morgan fingerprint density at radius 3 is 3.00 bits per heavy atom. The number of aliphatic hydroxyl groups is 1. The number of nitrogens with one attached hydrogen (secondary N) is 1. The summed E-state index contributed by atoms with van der Waals surface area (Å²) in [6, 6.07) is 5.06. The second kappa shape index (κ2) is 5.97. The number of hydrogen-bond acceptors (Lipinski definition) is 3. The number of rotatable bonds is 3. The Balaban J connectivity index is 2.15. The minimum Gasteiger partial charge on any atom is -0.395 e. The molecule has 0 radical (unpaired) electrons. The molecule has 0 amide bonds. The molecule has 1 aromatic carbocycles. The Hall–Kier alpha value is -0.680. The van der Waals surface area contributed by atoms with Gasteiger partial charge >= 0.3 is 0 Å². The van der Waals surface area contributed by atoms with Gasteiger partial charge in [0, 0.05) is 42.3 Å². The van der Waals surface area contributed by atoms with Crippen molar-refractivity contribution in [1.29, 1.82) is 0 Å². The molecule has 0 saturated carbocycles. The minimum atomic E-state index is -0.287. The van der Waals surface area contributed by atoms with E-state index in [-0.39, 0.29) is 18.5 Å². The summed E-state index contributed by atoms with van der Waals surface area (Å²) in [5.74, 6) is -0.287. The van der Waals surface area contributed by atoms with Gasteiger partial charge in [-0.05, 0) is 19.1 Å². The Morgan fingerprint density at radius 2 is 2.33 bits per heavy atom. The SMILES string of the molecule is CC1CN(Cc2c(F)cccc2Cl)C(CO)CN1. The number of piperazine rings is 1. The third kappa shape index (κ3) is 3.01. The number of benzene rings is 1. The van der Waals surface area contributed by atoms with E-state index in [2.05, 4.69) is 17.1 Å². The molecule has 1 aromatic rings. The predicted octanol–water partition coefficient (Wildman–Crippen LogP) is 1.63. The maximum absolute atomic E-state index is 13.7. The van der Waals surface area contributed by atoms with Crippen LogP contribution in [0.1, 0.15) is 12.5 Å². The first-order valence-electron chi connectivity index (χ1n) is 6.13. The van der Waals surface area contributed by atoms with Gasteiger partial charge in [-0.25, -0.2) is 4.39 Å². The second-order valence-corrected chi connectivity index (χ2v) is 5.18. The monoisotopic (exact) mass is 272 g/mol. The molecule has 1 aliphatic heterocycles. The van der Waals surface area contributed by atoms with E-state index in [1.54, 1.807) is 12.1 Å². The van der Waals surface area contributed by atoms with Gasteiger partial charge in [-0.1, -0.05) is 17.7 Å². The zero-order chi connectivity index (χ0) is 13.1. The lowest BCUT2D eigenvalue weighted by Crippen LogP contribution is -2.56. The fourth-order valence-electron chi connectivity index (χ4n) is 2.29. The molecule has 2 N–H and O–H groups in total. The largest absolute Gasteiger partial charge is 0.395 e. The van der Waals surface area contributed by atoms with Gasteiger partial charge in [-0.15, -0.1) is 0 Å². The molecule has 0 spiro atoms. The molecule has 2 atom stereocenters. The summed E-state index contributed by atoms with van der Waals surface area (Å²) in [5, 5.41) is 13.1. The summed E-state index contributed by atoms with van der Waals surface area (Å²) in [6.45, 7) is 4.05. The third-order valence-electron chi connectivity index (χ3n) is 3.36. The lowest BCUT2D eigenvalue weighted by Gasteiger charge is -2.38. The number of aliphatic hydroxyl groups excluding tert-OH is 1. The van der Waals surface area contributed by atoms with Crippen molar-refractivity contribution in [2.75, 3.05) is 19.7 Å². The van der Waals surface area contributed by atoms with Crippen LogP contribution in [0.4, 0.5) is 4.39 Å². The molecular weight excluding hydrogens is 255 g/mol. The molecule has 1 saturated heterocycles. The number of nitrogens with zero attached hydrogens (tertiary/aromatic N) is 1. The fraction of sp³-hybridized carbons (Fsp3) is 0.538. The van der Waals surface area contributed by atoms with E-state index < -0.39 is 0 Å². The van der Waals surface area contributed by atoms with E-state index in [4.69, 9.17) is 11.6 Å². The van der Waals surface area contributed by atoms with Crippen molar-refractivity contribution in [3.8, 4) is 0 Å². The first kappa shape index (κ1) is 13.7. The molecule has 0 aromatic heterocycles. The molecule has 2 unspecified atom stereocenters. The molecular formula is C13H18ClFN2O. The van der Waals surface area contributed by atoms with Gasteiger partial charge in [0.1, 0.15) is 5.82 Å². The Morgan fingerprint density at radius 1 is 1.56 bits per heavy atom. The van der Waals surface area contributed by atoms with Crippen LogP contribution in [0.25, 0.3) is 0 Å². The first-order valence-corrected chi connectivity index (χ1v) is 6.50. The Kier molecular flexibility index (Phi) is 4.56. The van der Waals surface area contributed by atoms with Gasteiger partial charge in [0.25, 0.3) is 0 Å². The van der Waals surface area contributed by atoms with Gasteiger partial charge < -0.3 is 10.4 Å². The van der Waals surface area contributed by atoms with Crippen molar-refractivity contribution in [2.45, 2.75) is 25.6 Å². The van der Waals surface area contributed by atoms with E-state index in [0.29, 0.717) is 29.7 Å². The van der Waals surface area contributed by atoms with E-state index in [1.807, 2.05) is 0 Å². The van der Waals surface area contributed by atoms with Crippen molar-refractivity contribution in [3.05, 3.63) is 34.6 Å². The average molecular weight is 273 g/mol. The van der Waals surface area contributed by atoms with Gasteiger partial charge in [0.15, 0.2) is 0 Å². The molecule has 0 aliphatic carbocycles. The molecule has 18 heavy (non-hydrogen) atoms. The summed E-state index contributed by atoms with van der Waals surface area (Å²) in [6.07, 6.45) is 0. The van der Waals surface area contributed by atoms with Crippen LogP contribution in [-0.2, 0) is 6.54 Å². The van der Waals surface area contributed by atoms with Gasteiger partial charge in [-0.3, -0.25) is 4.90 Å². The van der Waals surface area contributed by atoms with Crippen molar-refractivity contribution in [1.82, 2.24) is 10.2 Å². The third-order valence-corrected chi connectivity index (χ3v) is 3.71. The van der Waals surface area contributed by atoms with Crippen LogP contribution >= 0.6 is 11.6 Å². The van der Waals surface area contributed by atoms with Gasteiger partial charge in [-0.2, -0.15) is 0 Å². The Labute approximate surface area is 112 Å². The highest BCUT2D eigenvalue weighted by Crippen LogP contribution is 2.22. The summed E-state index contributed by atoms with van der Waals surface area (Å²) in [7, 11) is 0. The molecule has 3 nitrogen and oxygen atoms in total. The van der Waals surface area contributed by atoms with Gasteiger partial charge in [0.05, 0.1) is 6.61 Å². The van der Waals surface area contributed by atoms with Crippen LogP contribution in [0.15, 0.2) is 18.2 Å². The molecule has 5 heteroatoms. The van der Waals surface area contributed by atoms with Crippen LogP contribution in [0.3, 0.4) is 0 Å². The highest BCUT2D eigenvalue weighted by atomic mass is 35.5. The van der Waals surface area contributed by atoms with Crippen molar-refractivity contribution < 1.29 is 9.50 Å². The van der Waals surface area contributed by atoms with Crippen LogP contribution in [0.2, 0.25) is 5.02 Å². The van der Waals surface area contributed by atoms with E-state index in [0.717, 1.165) is 6.54 Å². The summed E-state index contributed by atoms with van der Waals surface area (Å²) in [5.41, 5.74) is 0.506. The van der Waals surface area contributed by atoms with Crippen molar-refractivity contribution in [2.24, 2.45) is 0 Å². The smallest absolute Gasteiger partial charge is 0.129 e. The standard InChI is InChI=1S/C13H18ClFN2O/c1-9-6-17(10(8-18)5-16-9)7-11-12(14)3-2-4-13(11)15/h2-4,9-10,16,18H,5-8H2,1H3. The molecule has 2 rings (SSSR count). The fourth-order valence-corrected chi connectivity index (χ4v) is 2.51. The van der Waals surface area contributed by atoms with E-state index in [9.17, 15) is 9.50 Å². The topological polar surface area (TPSA) is 35.5 Å². The van der Waals surface area contributed by atoms with Crippen LogP contribution < -0.4 is 5.32 Å². The maximum atomic E-state index is 13.7. The average Bonchev–Trinajstić information content (AvgIpc) is 2.34. The lowest BCUT2D eigenvalue weighted by atomic mass is 10.1. The molecule has 1 heterocycles. The Bertz CT molecular complexity index is 396. The second-order valence-electron chi connectivity index (χ2n) is 4.78. The summed E-state index contributed by atoms with van der Waals surface area (Å²) < 4.78 is 13.7. The first-order chi connectivity index (χ1) is 8.61. The van der Waals surface area contributed by atoms with Gasteiger partial charge in [0.2, 0.25) is 0 Å². The number of hydrogen-bond donors (Lipinski definition) is 2. The van der Waals surface area contributed by atoms with E-state index >= 15 is 0 Å². The summed E-state index contributed by atoms with van der Waals surface area (Å²) in [4.78, 5) is 2.07. The minimum absolute atomic E-state index is 0.0110. The molecule has 1 fully saturated rings. The summed E-state index contributed by atoms with van der Waals surface area (Å²) >= 11 is 6.03.